The molecule has 0 bridgehead atoms. The number of carbonyl (C=O) groups excluding carboxylic acids is 2. The summed E-state index contributed by atoms with van der Waals surface area (Å²) in [6.07, 6.45) is -0.192. The zero-order valence-electron chi connectivity index (χ0n) is 14.9. The lowest BCUT2D eigenvalue weighted by Crippen LogP contribution is -2.26. The molecule has 10 heteroatoms. The highest BCUT2D eigenvalue weighted by atomic mass is 35.5. The molecule has 0 spiro atoms. The summed E-state index contributed by atoms with van der Waals surface area (Å²) in [6.45, 7) is 1.04. The number of anilines is 1. The molecule has 2 aromatic carbocycles. The van der Waals surface area contributed by atoms with Gasteiger partial charge in [0.05, 0.1) is 16.3 Å². The fourth-order valence-corrected chi connectivity index (χ4v) is 3.41. The second kappa shape index (κ2) is 9.63. The number of halogens is 2. The summed E-state index contributed by atoms with van der Waals surface area (Å²) >= 11 is 5.84. The molecule has 0 radical (unpaired) electrons. The summed E-state index contributed by atoms with van der Waals surface area (Å²) in [5.41, 5.74) is 0.908. The molecule has 7 nitrogen and oxygen atoms in total. The van der Waals surface area contributed by atoms with E-state index in [-0.39, 0.29) is 35.4 Å². The minimum Gasteiger partial charge on any atom is -0.461 e. The smallest absolute Gasteiger partial charge is 0.307 e. The maximum absolute atomic E-state index is 13.0. The van der Waals surface area contributed by atoms with E-state index in [4.69, 9.17) is 16.3 Å². The van der Waals surface area contributed by atoms with E-state index >= 15 is 0 Å². The molecular weight excluding hydrogens is 411 g/mol. The van der Waals surface area contributed by atoms with Crippen LogP contribution in [0.25, 0.3) is 0 Å². The Morgan fingerprint density at radius 3 is 2.43 bits per heavy atom. The van der Waals surface area contributed by atoms with Gasteiger partial charge >= 0.3 is 5.97 Å². The number of esters is 1. The van der Waals surface area contributed by atoms with E-state index in [2.05, 4.69) is 10.0 Å². The second-order valence-corrected chi connectivity index (χ2v) is 7.92. The molecule has 0 saturated heterocycles. The third kappa shape index (κ3) is 6.59. The average Bonchev–Trinajstić information content (AvgIpc) is 2.61. The van der Waals surface area contributed by atoms with Gasteiger partial charge in [-0.1, -0.05) is 17.7 Å². The third-order valence-corrected chi connectivity index (χ3v) is 5.34. The van der Waals surface area contributed by atoms with E-state index in [1.807, 2.05) is 0 Å². The van der Waals surface area contributed by atoms with Crippen molar-refractivity contribution >= 4 is 39.2 Å². The van der Waals surface area contributed by atoms with E-state index in [1.165, 1.54) is 43.3 Å². The van der Waals surface area contributed by atoms with E-state index in [9.17, 15) is 22.4 Å². The van der Waals surface area contributed by atoms with Crippen LogP contribution in [0.2, 0.25) is 5.02 Å². The zero-order chi connectivity index (χ0) is 20.7. The van der Waals surface area contributed by atoms with E-state index < -0.39 is 21.8 Å². The largest absolute Gasteiger partial charge is 0.461 e. The maximum atomic E-state index is 13.0. The molecule has 150 valence electrons. The molecule has 28 heavy (non-hydrogen) atoms. The predicted octanol–water partition coefficient (Wildman–Crippen LogP) is 2.85. The van der Waals surface area contributed by atoms with Crippen LogP contribution in [-0.2, 0) is 31.0 Å². The molecule has 2 N–H and O–H groups in total. The molecule has 0 aliphatic carbocycles. The molecule has 0 aliphatic heterocycles. The predicted molar refractivity (Wildman–Crippen MR) is 102 cm³/mol. The summed E-state index contributed by atoms with van der Waals surface area (Å²) in [5, 5.41) is 2.67. The molecule has 0 saturated carbocycles. The molecule has 2 aromatic rings. The lowest BCUT2D eigenvalue weighted by Gasteiger charge is -2.09. The number of benzene rings is 2. The Kier molecular flexibility index (Phi) is 7.50. The lowest BCUT2D eigenvalue weighted by molar-refractivity contribution is -0.144. The Morgan fingerprint density at radius 1 is 1.14 bits per heavy atom. The molecule has 0 fully saturated rings. The van der Waals surface area contributed by atoms with Crippen molar-refractivity contribution in [2.75, 3.05) is 11.9 Å². The van der Waals surface area contributed by atoms with Gasteiger partial charge in [-0.3, -0.25) is 9.59 Å². The number of sulfonamides is 1. The number of hydrogen-bond acceptors (Lipinski definition) is 5. The van der Waals surface area contributed by atoms with Gasteiger partial charge in [0.15, 0.2) is 0 Å². The van der Waals surface area contributed by atoms with Crippen molar-refractivity contribution in [1.82, 2.24) is 4.72 Å². The second-order valence-electron chi connectivity index (χ2n) is 5.75. The Bertz CT molecular complexity index is 964. The van der Waals surface area contributed by atoms with Gasteiger partial charge in [0, 0.05) is 24.7 Å². The van der Waals surface area contributed by atoms with Crippen LogP contribution in [0.5, 0.6) is 0 Å². The first kappa shape index (κ1) is 21.8. The first-order valence-corrected chi connectivity index (χ1v) is 10.0. The van der Waals surface area contributed by atoms with E-state index in [1.54, 1.807) is 0 Å². The van der Waals surface area contributed by atoms with Crippen molar-refractivity contribution in [2.24, 2.45) is 0 Å². The van der Waals surface area contributed by atoms with Gasteiger partial charge < -0.3 is 10.1 Å². The Hall–Kier alpha value is -2.49. The number of rotatable bonds is 8. The van der Waals surface area contributed by atoms with Crippen LogP contribution >= 0.6 is 11.6 Å². The Labute approximate surface area is 166 Å². The van der Waals surface area contributed by atoms with Crippen LogP contribution in [0, 0.1) is 5.82 Å². The highest BCUT2D eigenvalue weighted by molar-refractivity contribution is 7.89. The minimum absolute atomic E-state index is 0.00642. The van der Waals surface area contributed by atoms with Crippen molar-refractivity contribution in [3.8, 4) is 0 Å². The van der Waals surface area contributed by atoms with Gasteiger partial charge in [-0.05, 0) is 36.4 Å². The Balaban J connectivity index is 1.82. The third-order valence-electron chi connectivity index (χ3n) is 3.51. The number of amides is 1. The fraction of sp³-hybridized carbons (Fsp3) is 0.222. The number of hydrogen-bond donors (Lipinski definition) is 2. The van der Waals surface area contributed by atoms with Crippen molar-refractivity contribution in [3.05, 3.63) is 58.9 Å². The summed E-state index contributed by atoms with van der Waals surface area (Å²) in [6, 6.07) is 9.28. The molecule has 2 rings (SSSR count). The monoisotopic (exact) mass is 428 g/mol. The average molecular weight is 429 g/mol. The first-order chi connectivity index (χ1) is 13.2. The number of ether oxygens (including phenoxy) is 1. The van der Waals surface area contributed by atoms with Crippen molar-refractivity contribution in [1.29, 1.82) is 0 Å². The lowest BCUT2D eigenvalue weighted by atomic mass is 10.2. The van der Waals surface area contributed by atoms with Gasteiger partial charge in [0.1, 0.15) is 12.4 Å². The standard InChI is InChI=1S/C18H18ClFN2O5S/c1-12(23)22-15-4-6-16(7-5-15)28(25,26)21-9-8-18(24)27-11-13-2-3-14(20)10-17(13)19/h2-7,10,21H,8-9,11H2,1H3,(H,22,23). The van der Waals surface area contributed by atoms with Gasteiger partial charge in [-0.2, -0.15) is 0 Å². The first-order valence-electron chi connectivity index (χ1n) is 8.14. The van der Waals surface area contributed by atoms with Crippen LogP contribution < -0.4 is 10.0 Å². The van der Waals surface area contributed by atoms with Crippen molar-refractivity contribution in [3.63, 3.8) is 0 Å². The fourth-order valence-electron chi connectivity index (χ4n) is 2.16. The summed E-state index contributed by atoms with van der Waals surface area (Å²) in [7, 11) is -3.81. The van der Waals surface area contributed by atoms with E-state index in [0.29, 0.717) is 11.3 Å². The summed E-state index contributed by atoms with van der Waals surface area (Å²) in [4.78, 5) is 22.7. The highest BCUT2D eigenvalue weighted by Crippen LogP contribution is 2.18. The van der Waals surface area contributed by atoms with Crippen molar-refractivity contribution < 1.29 is 27.1 Å². The summed E-state index contributed by atoms with van der Waals surface area (Å²) in [5.74, 6) is -1.40. The summed E-state index contributed by atoms with van der Waals surface area (Å²) < 4.78 is 44.7. The number of nitrogens with one attached hydrogen (secondary N) is 2. The molecule has 0 unspecified atom stereocenters. The van der Waals surface area contributed by atoms with Crippen molar-refractivity contribution in [2.45, 2.75) is 24.8 Å². The quantitative estimate of drug-likeness (QED) is 0.629. The topological polar surface area (TPSA) is 102 Å². The SMILES string of the molecule is CC(=O)Nc1ccc(S(=O)(=O)NCCC(=O)OCc2ccc(F)cc2Cl)cc1. The number of carbonyl (C=O) groups is 2. The van der Waals surface area contributed by atoms with Crippen LogP contribution in [0.15, 0.2) is 47.4 Å². The zero-order valence-corrected chi connectivity index (χ0v) is 16.4. The highest BCUT2D eigenvalue weighted by Gasteiger charge is 2.15. The molecule has 0 aliphatic rings. The van der Waals surface area contributed by atoms with Gasteiger partial charge in [0.2, 0.25) is 15.9 Å². The van der Waals surface area contributed by atoms with Crippen LogP contribution in [0.1, 0.15) is 18.9 Å². The molecule has 1 amide bonds. The van der Waals surface area contributed by atoms with Gasteiger partial charge in [-0.15, -0.1) is 0 Å². The molecular formula is C18H18ClFN2O5S. The van der Waals surface area contributed by atoms with Gasteiger partial charge in [0.25, 0.3) is 0 Å². The molecule has 0 heterocycles. The van der Waals surface area contributed by atoms with Crippen LogP contribution in [0.4, 0.5) is 10.1 Å². The van der Waals surface area contributed by atoms with Crippen LogP contribution in [-0.4, -0.2) is 26.8 Å². The molecule has 0 aromatic heterocycles. The maximum Gasteiger partial charge on any atom is 0.307 e. The molecule has 0 atom stereocenters. The van der Waals surface area contributed by atoms with Gasteiger partial charge in [-0.25, -0.2) is 17.5 Å². The minimum atomic E-state index is -3.81. The Morgan fingerprint density at radius 2 is 1.82 bits per heavy atom. The van der Waals surface area contributed by atoms with Crippen LogP contribution in [0.3, 0.4) is 0 Å². The van der Waals surface area contributed by atoms with E-state index in [0.717, 1.165) is 6.07 Å². The normalized spacial score (nSPS) is 11.1.